The Bertz CT molecular complexity index is 281. The molecule has 1 saturated heterocycles. The monoisotopic (exact) mass is 283 g/mol. The summed E-state index contributed by atoms with van der Waals surface area (Å²) in [6.07, 6.45) is 4.39. The van der Waals surface area contributed by atoms with Gasteiger partial charge in [0.05, 0.1) is 0 Å². The van der Waals surface area contributed by atoms with Crippen LogP contribution < -0.4 is 10.6 Å². The molecule has 0 radical (unpaired) electrons. The zero-order valence-electron chi connectivity index (χ0n) is 13.7. The fourth-order valence-corrected chi connectivity index (χ4v) is 2.89. The smallest absolute Gasteiger partial charge is 0.221 e. The molecule has 0 aliphatic carbocycles. The van der Waals surface area contributed by atoms with Crippen LogP contribution in [-0.2, 0) is 4.79 Å². The number of nitrogens with one attached hydrogen (secondary N) is 2. The van der Waals surface area contributed by atoms with Crippen LogP contribution in [0.25, 0.3) is 0 Å². The van der Waals surface area contributed by atoms with Crippen molar-refractivity contribution in [2.45, 2.75) is 65.5 Å². The number of carbonyl (C=O) groups excluding carboxylic acids is 1. The van der Waals surface area contributed by atoms with Gasteiger partial charge in [-0.15, -0.1) is 0 Å². The summed E-state index contributed by atoms with van der Waals surface area (Å²) >= 11 is 0. The molecule has 0 spiro atoms. The number of amides is 1. The first kappa shape index (κ1) is 17.4. The van der Waals surface area contributed by atoms with E-state index in [4.69, 9.17) is 0 Å². The highest BCUT2D eigenvalue weighted by molar-refractivity contribution is 5.76. The molecule has 1 heterocycles. The van der Waals surface area contributed by atoms with Crippen LogP contribution in [-0.4, -0.2) is 49.1 Å². The maximum Gasteiger partial charge on any atom is 0.221 e. The average Bonchev–Trinajstić information content (AvgIpc) is 2.42. The topological polar surface area (TPSA) is 44.4 Å². The molecule has 1 rings (SSSR count). The third-order valence-corrected chi connectivity index (χ3v) is 4.07. The lowest BCUT2D eigenvalue weighted by Crippen LogP contribution is -2.45. The molecule has 2 N–H and O–H groups in total. The number of hydrogen-bond acceptors (Lipinski definition) is 3. The van der Waals surface area contributed by atoms with Gasteiger partial charge in [0.2, 0.25) is 5.91 Å². The first-order valence-corrected chi connectivity index (χ1v) is 8.28. The number of piperidine rings is 1. The maximum atomic E-state index is 11.7. The molecule has 1 amide bonds. The third kappa shape index (κ3) is 6.71. The molecule has 0 saturated carbocycles. The number of carbonyl (C=O) groups is 1. The van der Waals surface area contributed by atoms with E-state index >= 15 is 0 Å². The van der Waals surface area contributed by atoms with Crippen LogP contribution in [0.4, 0.5) is 0 Å². The molecule has 2 atom stereocenters. The number of rotatable bonds is 8. The third-order valence-electron chi connectivity index (χ3n) is 4.07. The average molecular weight is 283 g/mol. The normalized spacial score (nSPS) is 21.9. The second-order valence-corrected chi connectivity index (χ2v) is 6.42. The van der Waals surface area contributed by atoms with Crippen molar-refractivity contribution in [2.24, 2.45) is 5.92 Å². The van der Waals surface area contributed by atoms with Gasteiger partial charge in [0, 0.05) is 31.6 Å². The van der Waals surface area contributed by atoms with Gasteiger partial charge < -0.3 is 15.5 Å². The second kappa shape index (κ2) is 9.35. The highest BCUT2D eigenvalue weighted by Crippen LogP contribution is 2.19. The predicted octanol–water partition coefficient (Wildman–Crippen LogP) is 2.00. The van der Waals surface area contributed by atoms with Crippen molar-refractivity contribution in [3.05, 3.63) is 0 Å². The van der Waals surface area contributed by atoms with Crippen LogP contribution in [0.1, 0.15) is 53.4 Å². The highest BCUT2D eigenvalue weighted by atomic mass is 16.1. The number of likely N-dealkylation sites (tertiary alicyclic amines) is 1. The Hall–Kier alpha value is -0.610. The van der Waals surface area contributed by atoms with E-state index in [1.807, 2.05) is 13.8 Å². The van der Waals surface area contributed by atoms with Gasteiger partial charge in [-0.3, -0.25) is 4.79 Å². The Kier molecular flexibility index (Phi) is 8.15. The first-order chi connectivity index (χ1) is 9.52. The Morgan fingerprint density at radius 3 is 2.75 bits per heavy atom. The fourth-order valence-electron chi connectivity index (χ4n) is 2.89. The molecule has 0 aromatic heterocycles. The van der Waals surface area contributed by atoms with E-state index in [-0.39, 0.29) is 11.9 Å². The van der Waals surface area contributed by atoms with Crippen LogP contribution in [0.5, 0.6) is 0 Å². The van der Waals surface area contributed by atoms with Crippen molar-refractivity contribution >= 4 is 5.91 Å². The van der Waals surface area contributed by atoms with Crippen molar-refractivity contribution < 1.29 is 4.79 Å². The van der Waals surface area contributed by atoms with Gasteiger partial charge in [-0.2, -0.15) is 0 Å². The van der Waals surface area contributed by atoms with Crippen LogP contribution >= 0.6 is 0 Å². The zero-order chi connectivity index (χ0) is 15.0. The van der Waals surface area contributed by atoms with Crippen molar-refractivity contribution in [1.29, 1.82) is 0 Å². The maximum absolute atomic E-state index is 11.7. The molecule has 2 unspecified atom stereocenters. The van der Waals surface area contributed by atoms with Gasteiger partial charge in [0.1, 0.15) is 0 Å². The van der Waals surface area contributed by atoms with Gasteiger partial charge in [-0.25, -0.2) is 0 Å². The Morgan fingerprint density at radius 1 is 1.35 bits per heavy atom. The molecule has 0 aromatic rings. The summed E-state index contributed by atoms with van der Waals surface area (Å²) in [6, 6.07) is 0.831. The quantitative estimate of drug-likeness (QED) is 0.716. The number of hydrogen-bond donors (Lipinski definition) is 2. The molecule has 118 valence electrons. The van der Waals surface area contributed by atoms with E-state index in [0.717, 1.165) is 32.1 Å². The summed E-state index contributed by atoms with van der Waals surface area (Å²) in [7, 11) is 0. The molecule has 4 heteroatoms. The Balaban J connectivity index is 2.28. The van der Waals surface area contributed by atoms with Crippen molar-refractivity contribution in [3.63, 3.8) is 0 Å². The summed E-state index contributed by atoms with van der Waals surface area (Å²) in [6.45, 7) is 12.8. The van der Waals surface area contributed by atoms with Crippen LogP contribution in [0.15, 0.2) is 0 Å². The van der Waals surface area contributed by atoms with Crippen LogP contribution in [0.3, 0.4) is 0 Å². The summed E-state index contributed by atoms with van der Waals surface area (Å²) in [5.74, 6) is 0.905. The zero-order valence-corrected chi connectivity index (χ0v) is 13.7. The largest absolute Gasteiger partial charge is 0.354 e. The van der Waals surface area contributed by atoms with Crippen LogP contribution in [0, 0.1) is 5.92 Å². The summed E-state index contributed by atoms with van der Waals surface area (Å²) < 4.78 is 0. The number of nitrogens with zero attached hydrogens (tertiary/aromatic N) is 1. The SMILES string of the molecule is CCCNC(C)C1CCCN(CCC(=O)NC(C)C)C1. The van der Waals surface area contributed by atoms with E-state index in [9.17, 15) is 4.79 Å². The molecule has 1 aliphatic heterocycles. The minimum Gasteiger partial charge on any atom is -0.354 e. The van der Waals surface area contributed by atoms with E-state index in [1.165, 1.54) is 19.3 Å². The van der Waals surface area contributed by atoms with Crippen molar-refractivity contribution in [1.82, 2.24) is 15.5 Å². The lowest BCUT2D eigenvalue weighted by Gasteiger charge is -2.36. The minimum atomic E-state index is 0.180. The molecular weight excluding hydrogens is 250 g/mol. The lowest BCUT2D eigenvalue weighted by atomic mass is 9.91. The van der Waals surface area contributed by atoms with Gasteiger partial charge >= 0.3 is 0 Å². The van der Waals surface area contributed by atoms with Crippen molar-refractivity contribution in [2.75, 3.05) is 26.2 Å². The summed E-state index contributed by atoms with van der Waals surface area (Å²) in [5.41, 5.74) is 0. The van der Waals surface area contributed by atoms with Crippen LogP contribution in [0.2, 0.25) is 0 Å². The van der Waals surface area contributed by atoms with Gasteiger partial charge in [-0.05, 0) is 59.0 Å². The first-order valence-electron chi connectivity index (χ1n) is 8.28. The van der Waals surface area contributed by atoms with Gasteiger partial charge in [0.15, 0.2) is 0 Å². The highest BCUT2D eigenvalue weighted by Gasteiger charge is 2.24. The van der Waals surface area contributed by atoms with E-state index in [0.29, 0.717) is 12.5 Å². The van der Waals surface area contributed by atoms with E-state index < -0.39 is 0 Å². The Morgan fingerprint density at radius 2 is 2.10 bits per heavy atom. The van der Waals surface area contributed by atoms with Crippen molar-refractivity contribution in [3.8, 4) is 0 Å². The summed E-state index contributed by atoms with van der Waals surface area (Å²) in [5, 5.41) is 6.57. The Labute approximate surface area is 124 Å². The molecule has 20 heavy (non-hydrogen) atoms. The standard InChI is InChI=1S/C16H33N3O/c1-5-9-17-14(4)15-7-6-10-19(12-15)11-8-16(20)18-13(2)3/h13-15,17H,5-12H2,1-4H3,(H,18,20). The fraction of sp³-hybridized carbons (Fsp3) is 0.938. The predicted molar refractivity (Wildman–Crippen MR) is 84.8 cm³/mol. The van der Waals surface area contributed by atoms with Gasteiger partial charge in [-0.1, -0.05) is 6.92 Å². The molecule has 0 aromatic carbocycles. The van der Waals surface area contributed by atoms with E-state index in [1.54, 1.807) is 0 Å². The minimum absolute atomic E-state index is 0.180. The molecule has 1 fully saturated rings. The second-order valence-electron chi connectivity index (χ2n) is 6.42. The molecule has 0 bridgehead atoms. The lowest BCUT2D eigenvalue weighted by molar-refractivity contribution is -0.122. The van der Waals surface area contributed by atoms with Gasteiger partial charge in [0.25, 0.3) is 0 Å². The van der Waals surface area contributed by atoms with E-state index in [2.05, 4.69) is 29.4 Å². The molecule has 4 nitrogen and oxygen atoms in total. The molecule has 1 aliphatic rings. The summed E-state index contributed by atoms with van der Waals surface area (Å²) in [4.78, 5) is 14.2. The molecular formula is C16H33N3O.